The molecule has 21 heteroatoms. The van der Waals surface area contributed by atoms with Gasteiger partial charge in [-0.3, -0.25) is 0 Å². The molecule has 5 rings (SSSR count). The van der Waals surface area contributed by atoms with Gasteiger partial charge in [0.15, 0.2) is 0 Å². The fraction of sp³-hybridized carbons (Fsp3) is 0.400. The zero-order valence-corrected chi connectivity index (χ0v) is 39.5. The number of alkyl carbamates (subject to hydrolysis) is 2. The highest BCUT2D eigenvalue weighted by atomic mass is 79.9. The minimum atomic E-state index is -0.625. The van der Waals surface area contributed by atoms with Crippen molar-refractivity contribution >= 4 is 75.3 Å². The Morgan fingerprint density at radius 2 is 1.07 bits per heavy atom. The van der Waals surface area contributed by atoms with Gasteiger partial charge in [-0.1, -0.05) is 53.0 Å². The lowest BCUT2D eigenvalue weighted by molar-refractivity contribution is 0.0471. The number of nitrogens with two attached hydrogens (primary N) is 1. The number of aromatic nitrogens is 6. The van der Waals surface area contributed by atoms with Crippen LogP contribution in [-0.2, 0) is 9.47 Å². The van der Waals surface area contributed by atoms with Gasteiger partial charge >= 0.3 is 12.2 Å². The van der Waals surface area contributed by atoms with Crippen LogP contribution in [0.3, 0.4) is 0 Å². The van der Waals surface area contributed by atoms with Gasteiger partial charge in [0.1, 0.15) is 35.5 Å². The lowest BCUT2D eigenvalue weighted by Crippen LogP contribution is -2.36. The number of benzene rings is 3. The summed E-state index contributed by atoms with van der Waals surface area (Å²) in [6.07, 6.45) is 1.97. The fourth-order valence-corrected chi connectivity index (χ4v) is 5.91. The van der Waals surface area contributed by atoms with Crippen LogP contribution in [0.15, 0.2) is 71.7 Å². The van der Waals surface area contributed by atoms with Crippen molar-refractivity contribution < 1.29 is 34.4 Å². The first-order valence-corrected chi connectivity index (χ1v) is 20.3. The Labute approximate surface area is 384 Å². The summed E-state index contributed by atoms with van der Waals surface area (Å²) < 4.78 is 14.2. The molecule has 0 saturated carbocycles. The van der Waals surface area contributed by atoms with E-state index in [9.17, 15) is 19.8 Å². The van der Waals surface area contributed by atoms with Gasteiger partial charge in [0.2, 0.25) is 0 Å². The molecule has 7 N–H and O–H groups in total. The Morgan fingerprint density at radius 1 is 0.689 bits per heavy atom. The first kappa shape index (κ1) is 53.1. The predicted molar refractivity (Wildman–Crippen MR) is 241 cm³/mol. The van der Waals surface area contributed by atoms with Gasteiger partial charge in [-0.2, -0.15) is 10.2 Å². The summed E-state index contributed by atoms with van der Waals surface area (Å²) in [5.41, 5.74) is 8.10. The summed E-state index contributed by atoms with van der Waals surface area (Å²) in [7, 11) is 0. The van der Waals surface area contributed by atoms with E-state index in [0.29, 0.717) is 48.1 Å². The van der Waals surface area contributed by atoms with E-state index in [2.05, 4.69) is 46.7 Å². The van der Waals surface area contributed by atoms with Crippen molar-refractivity contribution in [1.82, 2.24) is 40.2 Å². The number of hydrogen-bond donors (Lipinski definition) is 6. The summed E-state index contributed by atoms with van der Waals surface area (Å²) in [5.74, 6) is 1.28. The van der Waals surface area contributed by atoms with Crippen LogP contribution in [0.25, 0.3) is 11.4 Å². The van der Waals surface area contributed by atoms with Gasteiger partial charge in [0, 0.05) is 4.47 Å². The van der Waals surface area contributed by atoms with Crippen LogP contribution in [0.1, 0.15) is 88.0 Å². The van der Waals surface area contributed by atoms with Crippen molar-refractivity contribution in [2.75, 3.05) is 19.8 Å². The lowest BCUT2D eigenvalue weighted by Gasteiger charge is -2.23. The van der Waals surface area contributed by atoms with Crippen LogP contribution in [-0.4, -0.2) is 88.1 Å². The number of rotatable bonds is 10. The van der Waals surface area contributed by atoms with Gasteiger partial charge in [0.25, 0.3) is 0 Å². The van der Waals surface area contributed by atoms with Gasteiger partial charge in [-0.25, -0.2) is 28.9 Å². The van der Waals surface area contributed by atoms with Crippen molar-refractivity contribution in [3.63, 3.8) is 0 Å². The van der Waals surface area contributed by atoms with Crippen molar-refractivity contribution in [2.24, 2.45) is 5.73 Å². The van der Waals surface area contributed by atoms with Crippen LogP contribution >= 0.6 is 63.1 Å². The van der Waals surface area contributed by atoms with E-state index in [-0.39, 0.29) is 32.2 Å². The van der Waals surface area contributed by atoms with Crippen LogP contribution in [0.4, 0.5) is 9.59 Å². The van der Waals surface area contributed by atoms with E-state index in [4.69, 9.17) is 55.1 Å². The van der Waals surface area contributed by atoms with Crippen molar-refractivity contribution in [3.8, 4) is 11.4 Å². The summed E-state index contributed by atoms with van der Waals surface area (Å²) in [6.45, 7) is 13.6. The van der Waals surface area contributed by atoms with Gasteiger partial charge in [-0.15, -0.1) is 12.4 Å². The molecule has 334 valence electrons. The Bertz CT molecular complexity index is 2200. The highest BCUT2D eigenvalue weighted by Gasteiger charge is 2.22. The Balaban J connectivity index is 0.000000318. The standard InChI is InChI=1S/C16H21ClN4O3.C13H17BrClNO3.C11H13ClN4O.ClH/c1-10-18-9-21(20-10)14-7-11(5-6-12(14)17)13(8-22)19-15(23)24-16(2,3)4;1-13(2,3)19-12(18)16-11(7-17)8-4-5-10(15)9(14)6-8;1-7-14-6-16(15-7)11-4-8(10(13)5-17)2-3-9(11)12;/h5-7,9,13,22H,8H2,1-4H3,(H,19,23);4-6,11,17H,7H2,1-3H3,(H,16,18);2-4,6,10,17H,5,13H2,1H3;1H/t13-;11-;10-;/m111./s1. The zero-order chi connectivity index (χ0) is 44.9. The van der Waals surface area contributed by atoms with Crippen molar-refractivity contribution in [3.05, 3.63) is 115 Å². The molecular formula is C40H52BrCl4N9O7. The maximum absolute atomic E-state index is 11.9. The minimum Gasteiger partial charge on any atom is -0.444 e. The molecule has 2 heterocycles. The Morgan fingerprint density at radius 3 is 1.41 bits per heavy atom. The third-order valence-corrected chi connectivity index (χ3v) is 9.62. The van der Waals surface area contributed by atoms with E-state index in [0.717, 1.165) is 11.1 Å². The SMILES string of the molecule is CC(C)(C)OC(=O)N[C@H](CO)c1ccc(Cl)c(Br)c1.Cc1ncn(-c2cc([C@@H](CO)NC(=O)OC(C)(C)C)ccc2Cl)n1.Cc1ncn(-c2cc([C@H](N)CO)ccc2Cl)n1.Cl. The topological polar surface area (TPSA) is 225 Å². The highest BCUT2D eigenvalue weighted by Crippen LogP contribution is 2.28. The molecule has 16 nitrogen and oxygen atoms in total. The number of aliphatic hydroxyl groups excluding tert-OH is 3. The van der Waals surface area contributed by atoms with Crippen LogP contribution < -0.4 is 16.4 Å². The molecule has 3 aromatic carbocycles. The molecule has 0 spiro atoms. The van der Waals surface area contributed by atoms with Crippen LogP contribution in [0.5, 0.6) is 0 Å². The molecule has 0 fully saturated rings. The van der Waals surface area contributed by atoms with Crippen molar-refractivity contribution in [2.45, 2.75) is 84.7 Å². The quantitative estimate of drug-likeness (QED) is 0.0781. The van der Waals surface area contributed by atoms with Crippen molar-refractivity contribution in [1.29, 1.82) is 0 Å². The van der Waals surface area contributed by atoms with E-state index in [1.165, 1.54) is 0 Å². The monoisotopic (exact) mass is 989 g/mol. The molecule has 0 radical (unpaired) electrons. The number of aryl methyl sites for hydroxylation is 2. The fourth-order valence-electron chi connectivity index (χ4n) is 4.98. The number of nitrogens with zero attached hydrogens (tertiary/aromatic N) is 6. The lowest BCUT2D eigenvalue weighted by atomic mass is 10.1. The van der Waals surface area contributed by atoms with E-state index in [1.54, 1.807) is 132 Å². The van der Waals surface area contributed by atoms with Crippen LogP contribution in [0.2, 0.25) is 15.1 Å². The summed E-state index contributed by atoms with van der Waals surface area (Å²) in [6, 6.07) is 14.1. The summed E-state index contributed by atoms with van der Waals surface area (Å²) in [4.78, 5) is 31.7. The molecule has 0 bridgehead atoms. The number of aliphatic hydroxyl groups is 3. The third-order valence-electron chi connectivity index (χ3n) is 7.77. The number of carbonyl (C=O) groups is 2. The maximum Gasteiger partial charge on any atom is 0.408 e. The number of ether oxygens (including phenoxy) is 2. The molecule has 2 amide bonds. The number of carbonyl (C=O) groups excluding carboxylic acids is 2. The smallest absolute Gasteiger partial charge is 0.408 e. The van der Waals surface area contributed by atoms with Gasteiger partial charge in [0.05, 0.1) is 64.4 Å². The van der Waals surface area contributed by atoms with E-state index >= 15 is 0 Å². The largest absolute Gasteiger partial charge is 0.444 e. The molecule has 0 aliphatic heterocycles. The number of hydrogen-bond acceptors (Lipinski definition) is 12. The Kier molecular flexibility index (Phi) is 20.9. The zero-order valence-electron chi connectivity index (χ0n) is 34.9. The van der Waals surface area contributed by atoms with Crippen LogP contribution in [0, 0.1) is 13.8 Å². The molecule has 3 atom stereocenters. The maximum atomic E-state index is 11.9. The van der Waals surface area contributed by atoms with Gasteiger partial charge < -0.3 is 41.2 Å². The van der Waals surface area contributed by atoms with E-state index < -0.39 is 41.5 Å². The molecule has 0 unspecified atom stereocenters. The molecule has 5 aromatic rings. The number of halogens is 5. The highest BCUT2D eigenvalue weighted by molar-refractivity contribution is 9.10. The molecule has 0 saturated heterocycles. The average molecular weight is 993 g/mol. The normalized spacial score (nSPS) is 12.6. The second kappa shape index (κ2) is 24.0. The molecular weight excluding hydrogens is 940 g/mol. The minimum absolute atomic E-state index is 0. The van der Waals surface area contributed by atoms with Gasteiger partial charge in [-0.05, 0) is 124 Å². The average Bonchev–Trinajstić information content (AvgIpc) is 3.81. The second-order valence-electron chi connectivity index (χ2n) is 15.1. The second-order valence-corrected chi connectivity index (χ2v) is 17.2. The first-order valence-electron chi connectivity index (χ1n) is 18.4. The van der Waals surface area contributed by atoms with E-state index in [1.807, 2.05) is 0 Å². The molecule has 61 heavy (non-hydrogen) atoms. The number of amides is 2. The predicted octanol–water partition coefficient (Wildman–Crippen LogP) is 8.09. The number of nitrogens with one attached hydrogen (secondary N) is 2. The molecule has 0 aliphatic carbocycles. The first-order chi connectivity index (χ1) is 28.0. The third kappa shape index (κ3) is 17.3. The summed E-state index contributed by atoms with van der Waals surface area (Å²) in [5, 5.41) is 43.3. The Hall–Kier alpha value is -4.04. The molecule has 0 aliphatic rings. The summed E-state index contributed by atoms with van der Waals surface area (Å²) >= 11 is 21.5. The molecule has 2 aromatic heterocycles.